The number of methoxy groups -OCH3 is 1. The lowest BCUT2D eigenvalue weighted by Crippen LogP contribution is -2.30. The fourth-order valence-corrected chi connectivity index (χ4v) is 3.69. The van der Waals surface area contributed by atoms with Crippen LogP contribution < -0.4 is 4.74 Å². The topological polar surface area (TPSA) is 85.7 Å². The number of Topliss-reactive ketones (excluding diaryl/α,β-unsaturated/α-hetero) is 1. The Hall–Kier alpha value is -2.96. The monoisotopic (exact) mass is 431 g/mol. The van der Waals surface area contributed by atoms with Crippen LogP contribution in [-0.4, -0.2) is 35.1 Å². The maximum Gasteiger partial charge on any atom is 0.309 e. The lowest BCUT2D eigenvalue weighted by molar-refractivity contribution is -0.154. The summed E-state index contributed by atoms with van der Waals surface area (Å²) >= 11 is 0. The van der Waals surface area contributed by atoms with Crippen LogP contribution in [0.3, 0.4) is 0 Å². The average molecular weight is 432 g/mol. The second-order valence-corrected chi connectivity index (χ2v) is 8.18. The standard InChI is InChI=1S/C24H30FNO5/c1-13(2)21(17-8-7-14(3)11-18(17)25)16(5)31-24(29)15(4)12-19(27)22-23(28)20(30-6)9-10-26-22/h7-11,13,15-16,21,28H,12H2,1-6H3/t15-,16+,21+/m1/s1. The van der Waals surface area contributed by atoms with E-state index in [0.29, 0.717) is 5.56 Å². The molecule has 0 saturated carbocycles. The zero-order valence-electron chi connectivity index (χ0n) is 18.8. The number of nitrogens with zero attached hydrogens (tertiary/aromatic N) is 1. The molecular weight excluding hydrogens is 401 g/mol. The Labute approximate surface area is 182 Å². The van der Waals surface area contributed by atoms with Gasteiger partial charge >= 0.3 is 5.97 Å². The Morgan fingerprint density at radius 3 is 2.42 bits per heavy atom. The van der Waals surface area contributed by atoms with Crippen molar-refractivity contribution in [3.63, 3.8) is 0 Å². The molecule has 1 heterocycles. The van der Waals surface area contributed by atoms with Gasteiger partial charge in [-0.2, -0.15) is 0 Å². The molecule has 0 radical (unpaired) electrons. The highest BCUT2D eigenvalue weighted by atomic mass is 19.1. The van der Waals surface area contributed by atoms with Crippen molar-refractivity contribution < 1.29 is 28.6 Å². The van der Waals surface area contributed by atoms with Crippen molar-refractivity contribution >= 4 is 11.8 Å². The van der Waals surface area contributed by atoms with Gasteiger partial charge < -0.3 is 14.6 Å². The second kappa shape index (κ2) is 10.4. The first-order chi connectivity index (χ1) is 14.6. The van der Waals surface area contributed by atoms with Crippen LogP contribution in [0.4, 0.5) is 4.39 Å². The molecule has 0 amide bonds. The molecular formula is C24H30FNO5. The van der Waals surface area contributed by atoms with E-state index < -0.39 is 23.8 Å². The number of rotatable bonds is 9. The Kier molecular flexibility index (Phi) is 8.14. The molecule has 1 aromatic heterocycles. The molecule has 168 valence electrons. The van der Waals surface area contributed by atoms with Crippen molar-refractivity contribution in [2.45, 2.75) is 53.1 Å². The van der Waals surface area contributed by atoms with Gasteiger partial charge in [-0.05, 0) is 37.0 Å². The number of carbonyl (C=O) groups is 2. The van der Waals surface area contributed by atoms with Gasteiger partial charge in [0.05, 0.1) is 13.0 Å². The summed E-state index contributed by atoms with van der Waals surface area (Å²) < 4.78 is 25.2. The van der Waals surface area contributed by atoms with Crippen LogP contribution in [0.2, 0.25) is 0 Å². The Morgan fingerprint density at radius 2 is 1.84 bits per heavy atom. The minimum Gasteiger partial charge on any atom is -0.503 e. The molecule has 2 rings (SSSR count). The molecule has 0 fully saturated rings. The third kappa shape index (κ3) is 5.81. The van der Waals surface area contributed by atoms with E-state index in [2.05, 4.69) is 4.98 Å². The summed E-state index contributed by atoms with van der Waals surface area (Å²) in [6.45, 7) is 9.00. The SMILES string of the molecule is COc1ccnc(C(=O)C[C@@H](C)C(=O)O[C@@H](C)[C@@H](c2ccc(C)cc2F)C(C)C)c1O. The first-order valence-corrected chi connectivity index (χ1v) is 10.3. The average Bonchev–Trinajstić information content (AvgIpc) is 2.69. The predicted molar refractivity (Wildman–Crippen MR) is 115 cm³/mol. The van der Waals surface area contributed by atoms with Crippen molar-refractivity contribution in [3.8, 4) is 11.5 Å². The summed E-state index contributed by atoms with van der Waals surface area (Å²) in [5, 5.41) is 10.1. The van der Waals surface area contributed by atoms with Crippen LogP contribution >= 0.6 is 0 Å². The van der Waals surface area contributed by atoms with E-state index in [9.17, 15) is 19.1 Å². The molecule has 7 heteroatoms. The minimum absolute atomic E-state index is 0.0230. The van der Waals surface area contributed by atoms with Crippen molar-refractivity contribution in [1.29, 1.82) is 0 Å². The normalized spacial score (nSPS) is 14.1. The lowest BCUT2D eigenvalue weighted by atomic mass is 9.83. The summed E-state index contributed by atoms with van der Waals surface area (Å²) in [6.07, 6.45) is 0.565. The zero-order valence-corrected chi connectivity index (χ0v) is 18.8. The first-order valence-electron chi connectivity index (χ1n) is 10.3. The number of hydrogen-bond acceptors (Lipinski definition) is 6. The summed E-state index contributed by atoms with van der Waals surface area (Å²) in [4.78, 5) is 29.1. The van der Waals surface area contributed by atoms with Crippen molar-refractivity contribution in [2.75, 3.05) is 7.11 Å². The van der Waals surface area contributed by atoms with E-state index in [1.54, 1.807) is 19.9 Å². The first kappa shape index (κ1) is 24.3. The molecule has 0 unspecified atom stereocenters. The molecule has 0 aliphatic rings. The van der Waals surface area contributed by atoms with E-state index in [-0.39, 0.29) is 41.3 Å². The number of hydrogen-bond donors (Lipinski definition) is 1. The number of aromatic hydroxyl groups is 1. The third-order valence-corrected chi connectivity index (χ3v) is 5.31. The fourth-order valence-electron chi connectivity index (χ4n) is 3.69. The van der Waals surface area contributed by atoms with E-state index in [1.807, 2.05) is 26.8 Å². The van der Waals surface area contributed by atoms with Gasteiger partial charge in [0.25, 0.3) is 0 Å². The fraction of sp³-hybridized carbons (Fsp3) is 0.458. The van der Waals surface area contributed by atoms with E-state index >= 15 is 0 Å². The summed E-state index contributed by atoms with van der Waals surface area (Å²) in [5.74, 6) is -2.71. The number of ketones is 1. The Balaban J connectivity index is 2.11. The van der Waals surface area contributed by atoms with Gasteiger partial charge in [0.15, 0.2) is 23.0 Å². The Bertz CT molecular complexity index is 944. The molecule has 3 atom stereocenters. The molecule has 0 aliphatic carbocycles. The number of esters is 1. The smallest absolute Gasteiger partial charge is 0.309 e. The van der Waals surface area contributed by atoms with Crippen LogP contribution in [0.15, 0.2) is 30.5 Å². The molecule has 0 saturated heterocycles. The van der Waals surface area contributed by atoms with Crippen LogP contribution in [0.5, 0.6) is 11.5 Å². The molecule has 0 aliphatic heterocycles. The summed E-state index contributed by atoms with van der Waals surface area (Å²) in [5.41, 5.74) is 1.15. The van der Waals surface area contributed by atoms with Crippen molar-refractivity contribution in [3.05, 3.63) is 53.1 Å². The maximum atomic E-state index is 14.6. The van der Waals surface area contributed by atoms with E-state index in [4.69, 9.17) is 9.47 Å². The third-order valence-electron chi connectivity index (χ3n) is 5.31. The minimum atomic E-state index is -0.766. The van der Waals surface area contributed by atoms with Gasteiger partial charge in [0.1, 0.15) is 11.9 Å². The van der Waals surface area contributed by atoms with Crippen LogP contribution in [0.25, 0.3) is 0 Å². The highest BCUT2D eigenvalue weighted by Gasteiger charge is 2.30. The number of aromatic nitrogens is 1. The van der Waals surface area contributed by atoms with E-state index in [1.165, 1.54) is 25.4 Å². The number of ether oxygens (including phenoxy) is 2. The van der Waals surface area contributed by atoms with Crippen LogP contribution in [0, 0.1) is 24.6 Å². The quantitative estimate of drug-likeness (QED) is 0.452. The zero-order chi connectivity index (χ0) is 23.3. The molecule has 1 aromatic carbocycles. The van der Waals surface area contributed by atoms with Crippen LogP contribution in [0.1, 0.15) is 61.6 Å². The van der Waals surface area contributed by atoms with Gasteiger partial charge in [-0.3, -0.25) is 9.59 Å². The number of aryl methyl sites for hydroxylation is 1. The summed E-state index contributed by atoms with van der Waals surface area (Å²) in [7, 11) is 1.37. The molecule has 6 nitrogen and oxygen atoms in total. The molecule has 0 bridgehead atoms. The molecule has 1 N–H and O–H groups in total. The second-order valence-electron chi connectivity index (χ2n) is 8.18. The largest absolute Gasteiger partial charge is 0.503 e. The highest BCUT2D eigenvalue weighted by molar-refractivity contribution is 5.99. The van der Waals surface area contributed by atoms with Gasteiger partial charge in [-0.15, -0.1) is 0 Å². The van der Waals surface area contributed by atoms with Crippen molar-refractivity contribution in [2.24, 2.45) is 11.8 Å². The molecule has 0 spiro atoms. The molecule has 2 aromatic rings. The van der Waals surface area contributed by atoms with Gasteiger partial charge in [-0.25, -0.2) is 9.37 Å². The van der Waals surface area contributed by atoms with Crippen molar-refractivity contribution in [1.82, 2.24) is 4.98 Å². The number of benzene rings is 1. The Morgan fingerprint density at radius 1 is 1.16 bits per heavy atom. The van der Waals surface area contributed by atoms with Gasteiger partial charge in [0, 0.05) is 24.6 Å². The lowest BCUT2D eigenvalue weighted by Gasteiger charge is -2.29. The number of carbonyl (C=O) groups excluding carboxylic acids is 2. The predicted octanol–water partition coefficient (Wildman–Crippen LogP) is 4.82. The summed E-state index contributed by atoms with van der Waals surface area (Å²) in [6, 6.07) is 6.46. The highest BCUT2D eigenvalue weighted by Crippen LogP contribution is 2.33. The molecule has 31 heavy (non-hydrogen) atoms. The number of pyridine rings is 1. The van der Waals surface area contributed by atoms with Gasteiger partial charge in [0.2, 0.25) is 0 Å². The van der Waals surface area contributed by atoms with E-state index in [0.717, 1.165) is 5.56 Å². The number of halogens is 1. The van der Waals surface area contributed by atoms with Gasteiger partial charge in [-0.1, -0.05) is 32.9 Å². The maximum absolute atomic E-state index is 14.6. The van der Waals surface area contributed by atoms with Crippen LogP contribution in [-0.2, 0) is 9.53 Å².